The second-order valence-corrected chi connectivity index (χ2v) is 29.9. The standard InChI is InChI=1S/4C22H23NO7/c4*1-23-8-7-11-9-14-20(29-10-28-14)21(27-4)15(11)17(23)18-12-5-6-13(25-2)19(26-3)16(12)22(24)30-18/h4*5-6,9,17-18H,7-8,10H2,1-4H3/t4*17-,18+/m1111/s1. The lowest BCUT2D eigenvalue weighted by atomic mass is 9.85. The zero-order valence-corrected chi connectivity index (χ0v) is 69.3. The summed E-state index contributed by atoms with van der Waals surface area (Å²) in [7, 11) is 26.8. The van der Waals surface area contributed by atoms with Gasteiger partial charge in [-0.15, -0.1) is 0 Å². The van der Waals surface area contributed by atoms with Gasteiger partial charge in [0.1, 0.15) is 46.7 Å². The second-order valence-electron chi connectivity index (χ2n) is 29.9. The Labute approximate surface area is 691 Å². The molecule has 0 bridgehead atoms. The van der Waals surface area contributed by atoms with E-state index in [0.29, 0.717) is 137 Å². The normalized spacial score (nSPS) is 21.7. The Morgan fingerprint density at radius 3 is 0.650 bits per heavy atom. The number of nitrogens with zero attached hydrogens (tertiary/aromatic N) is 4. The average Bonchev–Trinajstić information content (AvgIpc) is 1.49. The molecule has 32 nitrogen and oxygen atoms in total. The maximum Gasteiger partial charge on any atom is 0.343 e. The van der Waals surface area contributed by atoms with Gasteiger partial charge in [-0.25, -0.2) is 19.2 Å². The number of rotatable bonds is 16. The van der Waals surface area contributed by atoms with Crippen LogP contribution in [0.1, 0.15) is 157 Å². The van der Waals surface area contributed by atoms with Gasteiger partial charge in [0.25, 0.3) is 0 Å². The highest BCUT2D eigenvalue weighted by Crippen LogP contribution is 2.62. The largest absolute Gasteiger partial charge is 0.493 e. The summed E-state index contributed by atoms with van der Waals surface area (Å²) >= 11 is 0. The molecule has 0 saturated heterocycles. The first-order valence-electron chi connectivity index (χ1n) is 39.0. The van der Waals surface area contributed by atoms with E-state index in [2.05, 4.69) is 19.6 Å². The molecule has 632 valence electrons. The van der Waals surface area contributed by atoms with Gasteiger partial charge in [0.15, 0.2) is 92.0 Å². The highest BCUT2D eigenvalue weighted by Gasteiger charge is 2.52. The summed E-state index contributed by atoms with van der Waals surface area (Å²) in [6.45, 7) is 3.85. The van der Waals surface area contributed by atoms with E-state index in [1.54, 1.807) is 81.1 Å². The number of hydrogen-bond acceptors (Lipinski definition) is 32. The molecule has 8 aromatic carbocycles. The number of likely N-dealkylation sites (N-methyl/N-ethyl adjacent to an activating group) is 4. The van der Waals surface area contributed by atoms with Gasteiger partial charge in [0.2, 0.25) is 50.2 Å². The maximum atomic E-state index is 12.9. The van der Waals surface area contributed by atoms with Crippen LogP contribution in [0.25, 0.3) is 0 Å². The zero-order valence-electron chi connectivity index (χ0n) is 69.3. The number of fused-ring (bicyclic) bond motifs is 12. The van der Waals surface area contributed by atoms with Crippen LogP contribution in [0.3, 0.4) is 0 Å². The lowest BCUT2D eigenvalue weighted by Gasteiger charge is -2.38. The van der Waals surface area contributed by atoms with E-state index in [-0.39, 0.29) is 51.3 Å². The van der Waals surface area contributed by atoms with Gasteiger partial charge in [-0.3, -0.25) is 19.6 Å². The Morgan fingerprint density at radius 2 is 0.467 bits per heavy atom. The Kier molecular flexibility index (Phi) is 21.5. The van der Waals surface area contributed by atoms with Crippen molar-refractivity contribution in [3.63, 3.8) is 0 Å². The molecule has 12 aliphatic heterocycles. The predicted octanol–water partition coefficient (Wildman–Crippen LogP) is 11.5. The van der Waals surface area contributed by atoms with Crippen molar-refractivity contribution in [1.82, 2.24) is 19.6 Å². The highest BCUT2D eigenvalue weighted by atomic mass is 16.7. The number of methoxy groups -OCH3 is 12. The molecule has 120 heavy (non-hydrogen) atoms. The maximum absolute atomic E-state index is 12.9. The quantitative estimate of drug-likeness (QED) is 0.0641. The number of benzene rings is 8. The van der Waals surface area contributed by atoms with E-state index in [1.807, 2.05) is 76.7 Å². The van der Waals surface area contributed by atoms with Gasteiger partial charge < -0.3 is 114 Å². The Balaban J connectivity index is 0.000000114. The number of hydrogen-bond donors (Lipinski definition) is 0. The van der Waals surface area contributed by atoms with Crippen molar-refractivity contribution >= 4 is 23.9 Å². The average molecular weight is 1650 g/mol. The molecule has 12 aliphatic rings. The van der Waals surface area contributed by atoms with Crippen molar-refractivity contribution in [3.05, 3.63) is 162 Å². The lowest BCUT2D eigenvalue weighted by molar-refractivity contribution is 0.00806. The fraction of sp³-hybridized carbons (Fsp3) is 0.409. The van der Waals surface area contributed by atoms with Crippen molar-refractivity contribution in [3.8, 4) is 115 Å². The van der Waals surface area contributed by atoms with E-state index in [0.717, 1.165) is 119 Å². The fourth-order valence-electron chi connectivity index (χ4n) is 18.8. The summed E-state index contributed by atoms with van der Waals surface area (Å²) in [6, 6.07) is 21.7. The van der Waals surface area contributed by atoms with Crippen LogP contribution in [0.4, 0.5) is 0 Å². The van der Waals surface area contributed by atoms with Crippen LogP contribution in [-0.4, -0.2) is 210 Å². The molecular formula is C88H92N4O28. The van der Waals surface area contributed by atoms with E-state index in [1.165, 1.54) is 28.4 Å². The van der Waals surface area contributed by atoms with Crippen molar-refractivity contribution in [2.45, 2.75) is 74.3 Å². The minimum atomic E-state index is -0.523. The van der Waals surface area contributed by atoms with Crippen LogP contribution in [0, 0.1) is 0 Å². The summed E-state index contributed by atoms with van der Waals surface area (Å²) in [6.07, 6.45) is 1.22. The molecule has 12 heterocycles. The Hall–Kier alpha value is -12.5. The van der Waals surface area contributed by atoms with Crippen LogP contribution >= 0.6 is 0 Å². The van der Waals surface area contributed by atoms with Crippen LogP contribution in [0.15, 0.2) is 72.8 Å². The van der Waals surface area contributed by atoms with Crippen molar-refractivity contribution in [2.24, 2.45) is 0 Å². The van der Waals surface area contributed by atoms with Crippen LogP contribution in [0.2, 0.25) is 0 Å². The molecule has 0 N–H and O–H groups in total. The monoisotopic (exact) mass is 1650 g/mol. The molecule has 0 saturated carbocycles. The molecule has 0 fully saturated rings. The Bertz CT molecular complexity index is 4800. The summed E-state index contributed by atoms with van der Waals surface area (Å²) in [4.78, 5) is 60.2. The smallest absolute Gasteiger partial charge is 0.343 e. The third-order valence-electron chi connectivity index (χ3n) is 24.2. The number of ether oxygens (including phenoxy) is 24. The summed E-state index contributed by atoms with van der Waals surface area (Å²) in [5, 5.41) is 0. The van der Waals surface area contributed by atoms with E-state index >= 15 is 0 Å². The summed E-state index contributed by atoms with van der Waals surface area (Å²) in [5.41, 5.74) is 12.9. The van der Waals surface area contributed by atoms with Gasteiger partial charge in [-0.1, -0.05) is 24.3 Å². The molecule has 0 unspecified atom stereocenters. The number of carbonyl (C=O) groups is 4. The molecule has 0 spiro atoms. The molecule has 0 aliphatic carbocycles. The molecule has 0 aromatic heterocycles. The predicted molar refractivity (Wildman–Crippen MR) is 424 cm³/mol. The second kappa shape index (κ2) is 32.3. The van der Waals surface area contributed by atoms with Crippen molar-refractivity contribution in [2.75, 3.05) is 167 Å². The Morgan fingerprint density at radius 1 is 0.267 bits per heavy atom. The molecular weight excluding hydrogens is 1560 g/mol. The van der Waals surface area contributed by atoms with Crippen molar-refractivity contribution < 1.29 is 133 Å². The minimum Gasteiger partial charge on any atom is -0.493 e. The first-order valence-corrected chi connectivity index (χ1v) is 39.0. The van der Waals surface area contributed by atoms with Gasteiger partial charge in [0.05, 0.1) is 109 Å². The lowest BCUT2D eigenvalue weighted by Crippen LogP contribution is -2.36. The fourth-order valence-corrected chi connectivity index (χ4v) is 18.8. The number of esters is 4. The van der Waals surface area contributed by atoms with Crippen LogP contribution in [-0.2, 0) is 44.6 Å². The van der Waals surface area contributed by atoms with Gasteiger partial charge in [0, 0.05) is 70.7 Å². The molecule has 0 radical (unpaired) electrons. The molecule has 8 aromatic rings. The van der Waals surface area contributed by atoms with Gasteiger partial charge in [-0.05, 0) is 125 Å². The van der Waals surface area contributed by atoms with E-state index in [9.17, 15) is 19.2 Å². The van der Waals surface area contributed by atoms with Gasteiger partial charge in [-0.2, -0.15) is 0 Å². The van der Waals surface area contributed by atoms with Crippen LogP contribution < -0.4 is 94.7 Å². The first kappa shape index (κ1) is 79.9. The third kappa shape index (κ3) is 12.8. The molecule has 0 amide bonds. The SMILES string of the molecule is COc1ccc2c(c1OC)C(=O)O[C@@H]2[C@H]1c2c(cc3c(c2OC)OCO3)CCN1C.COc1ccc2c(c1OC)C(=O)O[C@@H]2[C@H]1c2c(cc3c(c2OC)OCO3)CCN1C.COc1ccc2c(c1OC)C(=O)O[C@@H]2[C@H]1c2c(cc3c(c2OC)OCO3)CCN1C.COc1ccc2c(c1OC)C(=O)O[C@@H]2[C@H]1c2c(cc3c(c2OC)OCO3)CCN1C. The number of carbonyl (C=O) groups excluding carboxylic acids is 4. The number of cyclic esters (lactones) is 4. The summed E-state index contributed by atoms with van der Waals surface area (Å²) in [5.74, 6) is 9.43. The molecule has 8 atom stereocenters. The zero-order chi connectivity index (χ0) is 84.0. The highest BCUT2D eigenvalue weighted by molar-refractivity contribution is 6.01. The van der Waals surface area contributed by atoms with Gasteiger partial charge >= 0.3 is 23.9 Å². The molecule has 32 heteroatoms. The minimum absolute atomic E-state index is 0.160. The summed E-state index contributed by atoms with van der Waals surface area (Å²) < 4.78 is 135. The van der Waals surface area contributed by atoms with Crippen LogP contribution in [0.5, 0.6) is 115 Å². The van der Waals surface area contributed by atoms with E-state index in [4.69, 9.17) is 114 Å². The first-order chi connectivity index (χ1) is 58.3. The van der Waals surface area contributed by atoms with E-state index < -0.39 is 48.3 Å². The topological polar surface area (TPSA) is 303 Å². The third-order valence-corrected chi connectivity index (χ3v) is 24.2. The molecule has 20 rings (SSSR count). The van der Waals surface area contributed by atoms with Crippen molar-refractivity contribution in [1.29, 1.82) is 0 Å².